The fourth-order valence-electron chi connectivity index (χ4n) is 4.20. The van der Waals surface area contributed by atoms with Crippen LogP contribution in [0.5, 0.6) is 5.75 Å². The smallest absolute Gasteiger partial charge is 0.252 e. The van der Waals surface area contributed by atoms with Crippen molar-refractivity contribution in [3.05, 3.63) is 40.2 Å². The third kappa shape index (κ3) is 3.16. The summed E-state index contributed by atoms with van der Waals surface area (Å²) in [6.45, 7) is 2.66. The van der Waals surface area contributed by atoms with E-state index < -0.39 is 0 Å². The van der Waals surface area contributed by atoms with Crippen molar-refractivity contribution in [2.45, 2.75) is 25.5 Å². The lowest BCUT2D eigenvalue weighted by molar-refractivity contribution is 0.161. The summed E-state index contributed by atoms with van der Waals surface area (Å²) in [7, 11) is 1.62. The zero-order valence-corrected chi connectivity index (χ0v) is 14.5. The first-order valence-corrected chi connectivity index (χ1v) is 8.23. The molecule has 1 aromatic heterocycles. The number of rotatable bonds is 3. The van der Waals surface area contributed by atoms with Crippen LogP contribution in [0, 0.1) is 11.8 Å². The van der Waals surface area contributed by atoms with Gasteiger partial charge in [-0.3, -0.25) is 9.69 Å². The minimum absolute atomic E-state index is 0. The Morgan fingerprint density at radius 1 is 1.25 bits per heavy atom. The van der Waals surface area contributed by atoms with E-state index in [0.717, 1.165) is 48.1 Å². The number of likely N-dealkylation sites (tertiary alicyclic amines) is 1. The van der Waals surface area contributed by atoms with Crippen molar-refractivity contribution in [1.82, 2.24) is 9.88 Å². The van der Waals surface area contributed by atoms with Crippen LogP contribution in [0.25, 0.3) is 10.9 Å². The number of pyridine rings is 1. The monoisotopic (exact) mass is 350 g/mol. The number of ether oxygens (including phenoxy) is 1. The SMILES string of the molecule is COc1ccc2cc(CN3C[C@H]4CC(O)C[C@H]4C3)c(=O)[nH]c2c1.Cl. The number of hydrogen-bond acceptors (Lipinski definition) is 4. The Morgan fingerprint density at radius 2 is 1.96 bits per heavy atom. The van der Waals surface area contributed by atoms with Crippen molar-refractivity contribution in [3.63, 3.8) is 0 Å². The van der Waals surface area contributed by atoms with E-state index in [2.05, 4.69) is 9.88 Å². The average Bonchev–Trinajstić information content (AvgIpc) is 3.04. The number of aliphatic hydroxyl groups excluding tert-OH is 1. The van der Waals surface area contributed by atoms with Crippen LogP contribution in [-0.2, 0) is 6.54 Å². The molecule has 1 aromatic carbocycles. The number of halogens is 1. The van der Waals surface area contributed by atoms with E-state index in [4.69, 9.17) is 4.74 Å². The minimum atomic E-state index is -0.119. The Hall–Kier alpha value is -1.56. The van der Waals surface area contributed by atoms with E-state index >= 15 is 0 Å². The summed E-state index contributed by atoms with van der Waals surface area (Å²) in [4.78, 5) is 17.7. The lowest BCUT2D eigenvalue weighted by Crippen LogP contribution is -2.26. The minimum Gasteiger partial charge on any atom is -0.497 e. The Morgan fingerprint density at radius 3 is 2.62 bits per heavy atom. The highest BCUT2D eigenvalue weighted by Crippen LogP contribution is 2.38. The predicted molar refractivity (Wildman–Crippen MR) is 95.9 cm³/mol. The lowest BCUT2D eigenvalue weighted by Gasteiger charge is -2.17. The molecule has 24 heavy (non-hydrogen) atoms. The van der Waals surface area contributed by atoms with Gasteiger partial charge in [-0.2, -0.15) is 0 Å². The second kappa shape index (κ2) is 6.75. The third-order valence-electron chi connectivity index (χ3n) is 5.33. The quantitative estimate of drug-likeness (QED) is 0.890. The van der Waals surface area contributed by atoms with Gasteiger partial charge in [0.05, 0.1) is 18.7 Å². The molecule has 1 saturated carbocycles. The molecule has 2 aliphatic rings. The van der Waals surface area contributed by atoms with Gasteiger partial charge < -0.3 is 14.8 Å². The highest BCUT2D eigenvalue weighted by molar-refractivity contribution is 5.85. The number of aromatic nitrogens is 1. The van der Waals surface area contributed by atoms with Crippen molar-refractivity contribution < 1.29 is 9.84 Å². The number of methoxy groups -OCH3 is 1. The molecule has 0 amide bonds. The van der Waals surface area contributed by atoms with Gasteiger partial charge in [0.15, 0.2) is 0 Å². The first-order valence-electron chi connectivity index (χ1n) is 8.23. The predicted octanol–water partition coefficient (Wildman–Crippen LogP) is 2.16. The molecule has 2 N–H and O–H groups in total. The third-order valence-corrected chi connectivity index (χ3v) is 5.33. The summed E-state index contributed by atoms with van der Waals surface area (Å²) in [5, 5.41) is 10.8. The van der Waals surface area contributed by atoms with Crippen LogP contribution in [0.4, 0.5) is 0 Å². The molecular formula is C18H23ClN2O3. The van der Waals surface area contributed by atoms with Gasteiger partial charge in [0.25, 0.3) is 5.56 Å². The van der Waals surface area contributed by atoms with E-state index in [1.807, 2.05) is 24.3 Å². The number of nitrogens with zero attached hydrogens (tertiary/aromatic N) is 1. The summed E-state index contributed by atoms with van der Waals surface area (Å²) in [5.41, 5.74) is 1.59. The van der Waals surface area contributed by atoms with E-state index in [-0.39, 0.29) is 24.1 Å². The zero-order valence-electron chi connectivity index (χ0n) is 13.7. The Balaban J connectivity index is 0.00000169. The molecule has 6 heteroatoms. The van der Waals surface area contributed by atoms with E-state index in [1.54, 1.807) is 7.11 Å². The molecule has 0 bridgehead atoms. The summed E-state index contributed by atoms with van der Waals surface area (Å²) in [5.74, 6) is 1.93. The molecule has 1 unspecified atom stereocenters. The fourth-order valence-corrected chi connectivity index (χ4v) is 4.20. The maximum absolute atomic E-state index is 12.4. The molecule has 2 fully saturated rings. The molecule has 5 nitrogen and oxygen atoms in total. The van der Waals surface area contributed by atoms with Crippen LogP contribution in [0.3, 0.4) is 0 Å². The van der Waals surface area contributed by atoms with Crippen molar-refractivity contribution in [2.24, 2.45) is 11.8 Å². The van der Waals surface area contributed by atoms with E-state index in [1.165, 1.54) is 0 Å². The maximum atomic E-state index is 12.4. The van der Waals surface area contributed by atoms with Gasteiger partial charge >= 0.3 is 0 Å². The highest BCUT2D eigenvalue weighted by atomic mass is 35.5. The van der Waals surface area contributed by atoms with Crippen LogP contribution in [0.15, 0.2) is 29.1 Å². The average molecular weight is 351 g/mol. The number of hydrogen-bond donors (Lipinski definition) is 2. The standard InChI is InChI=1S/C18H22N2O3.ClH/c1-23-16-3-2-11-4-14(18(22)19-17(11)7-16)10-20-8-12-5-15(21)6-13(12)9-20;/h2-4,7,12-13,15,21H,5-6,8-10H2,1H3,(H,19,22);1H/t12-,13+,15?;. The van der Waals surface area contributed by atoms with Gasteiger partial charge in [0.2, 0.25) is 0 Å². The normalized spacial score (nSPS) is 26.3. The van der Waals surface area contributed by atoms with Crippen LogP contribution in [-0.4, -0.2) is 41.3 Å². The van der Waals surface area contributed by atoms with Crippen LogP contribution in [0.1, 0.15) is 18.4 Å². The zero-order chi connectivity index (χ0) is 16.0. The number of aliphatic hydroxyl groups is 1. The Bertz CT molecular complexity index is 777. The largest absolute Gasteiger partial charge is 0.497 e. The number of benzene rings is 1. The fraction of sp³-hybridized carbons (Fsp3) is 0.500. The second-order valence-electron chi connectivity index (χ2n) is 6.92. The van der Waals surface area contributed by atoms with Crippen LogP contribution in [0.2, 0.25) is 0 Å². The Kier molecular flexibility index (Phi) is 4.85. The van der Waals surface area contributed by atoms with E-state index in [0.29, 0.717) is 18.4 Å². The van der Waals surface area contributed by atoms with Crippen molar-refractivity contribution in [3.8, 4) is 5.75 Å². The topological polar surface area (TPSA) is 65.6 Å². The van der Waals surface area contributed by atoms with E-state index in [9.17, 15) is 9.90 Å². The number of aromatic amines is 1. The maximum Gasteiger partial charge on any atom is 0.252 e. The van der Waals surface area contributed by atoms with Crippen LogP contribution >= 0.6 is 12.4 Å². The molecule has 130 valence electrons. The van der Waals surface area contributed by atoms with Gasteiger partial charge in [-0.05, 0) is 48.3 Å². The van der Waals surface area contributed by atoms with Crippen molar-refractivity contribution >= 4 is 23.3 Å². The highest BCUT2D eigenvalue weighted by Gasteiger charge is 2.40. The van der Waals surface area contributed by atoms with Gasteiger partial charge in [-0.1, -0.05) is 0 Å². The lowest BCUT2D eigenvalue weighted by atomic mass is 10.0. The molecular weight excluding hydrogens is 328 g/mol. The molecule has 0 radical (unpaired) electrons. The summed E-state index contributed by atoms with van der Waals surface area (Å²) >= 11 is 0. The molecule has 0 spiro atoms. The van der Waals surface area contributed by atoms with Crippen molar-refractivity contribution in [2.75, 3.05) is 20.2 Å². The number of fused-ring (bicyclic) bond motifs is 2. The summed E-state index contributed by atoms with van der Waals surface area (Å²) < 4.78 is 5.20. The summed E-state index contributed by atoms with van der Waals surface area (Å²) in [6.07, 6.45) is 1.70. The van der Waals surface area contributed by atoms with Gasteiger partial charge in [-0.25, -0.2) is 0 Å². The van der Waals surface area contributed by atoms with Gasteiger partial charge in [-0.15, -0.1) is 12.4 Å². The van der Waals surface area contributed by atoms with Crippen LogP contribution < -0.4 is 10.3 Å². The number of nitrogens with one attached hydrogen (secondary N) is 1. The van der Waals surface area contributed by atoms with Gasteiger partial charge in [0, 0.05) is 31.3 Å². The molecule has 2 aromatic rings. The molecule has 3 atom stereocenters. The van der Waals surface area contributed by atoms with Crippen molar-refractivity contribution in [1.29, 1.82) is 0 Å². The molecule has 1 aliphatic heterocycles. The molecule has 4 rings (SSSR count). The first-order chi connectivity index (χ1) is 11.1. The molecule has 1 saturated heterocycles. The second-order valence-corrected chi connectivity index (χ2v) is 6.92. The molecule has 2 heterocycles. The number of H-pyrrole nitrogens is 1. The Labute approximate surface area is 147 Å². The molecule has 1 aliphatic carbocycles. The first kappa shape index (κ1) is 17.3. The summed E-state index contributed by atoms with van der Waals surface area (Å²) in [6, 6.07) is 7.72. The van der Waals surface area contributed by atoms with Gasteiger partial charge in [0.1, 0.15) is 5.75 Å².